The molecule has 0 spiro atoms. The third kappa shape index (κ3) is 36.1. The van der Waals surface area contributed by atoms with Crippen molar-refractivity contribution in [3.05, 3.63) is 48.6 Å². The van der Waals surface area contributed by atoms with Gasteiger partial charge in [0, 0.05) is 12.8 Å². The monoisotopic (exact) mass is 795 g/mol. The number of rotatable bonds is 39. The maximum absolute atomic E-state index is 12.5. The summed E-state index contributed by atoms with van der Waals surface area (Å²) in [5, 5.41) is 0. The highest BCUT2D eigenvalue weighted by atomic mass is 31.2. The molecule has 55 heavy (non-hydrogen) atoms. The number of allylic oxidation sites excluding steroid dienone is 7. The summed E-state index contributed by atoms with van der Waals surface area (Å²) < 4.78 is 32.2. The van der Waals surface area contributed by atoms with E-state index in [1.54, 1.807) is 0 Å². The predicted molar refractivity (Wildman–Crippen MR) is 225 cm³/mol. The molecule has 1 rings (SSSR count). The molecule has 0 aliphatic carbocycles. The fourth-order valence-electron chi connectivity index (χ4n) is 6.34. The third-order valence-electron chi connectivity index (χ3n) is 9.74. The number of phosphoric acid groups is 1. The Labute approximate surface area is 335 Å². The normalized spacial score (nSPS) is 16.6. The van der Waals surface area contributed by atoms with Crippen LogP contribution < -0.4 is 0 Å². The first-order valence-corrected chi connectivity index (χ1v) is 23.6. The average Bonchev–Trinajstić information content (AvgIpc) is 3.91. The second-order valence-electron chi connectivity index (χ2n) is 15.1. The molecule has 2 unspecified atom stereocenters. The summed E-state index contributed by atoms with van der Waals surface area (Å²) in [7, 11) is -4.78. The van der Waals surface area contributed by atoms with Gasteiger partial charge in [-0.25, -0.2) is 4.57 Å². The number of phosphoric ester groups is 1. The van der Waals surface area contributed by atoms with E-state index in [4.69, 9.17) is 24.0 Å². The van der Waals surface area contributed by atoms with Crippen LogP contribution in [-0.2, 0) is 32.9 Å². The van der Waals surface area contributed by atoms with E-state index in [1.807, 2.05) is 0 Å². The standard InChI is InChI=1S/C45H79O9P/c1-3-5-7-9-11-13-15-17-18-19-20-21-22-23-25-27-29-31-33-37-45(47)53-41(40-52-55(48,49)50)39-51-44(46)38-34-36-43-42(54-43)35-32-30-28-26-24-16-14-12-10-8-6-4-2/h12,14,17-18,24,26,30,32,41-43H,3-11,13,15-16,19-23,25,27-29,31,33-40H2,1-2H3,(H2,48,49,50)/b14-12-,18-17-,26-24-,32-30-/t41-,42?,43?/m1/s1. The molecule has 9 nitrogen and oxygen atoms in total. The van der Waals surface area contributed by atoms with Crippen molar-refractivity contribution >= 4 is 19.8 Å². The first-order valence-electron chi connectivity index (χ1n) is 22.1. The minimum atomic E-state index is -4.78. The Morgan fingerprint density at radius 1 is 0.582 bits per heavy atom. The molecule has 3 atom stereocenters. The number of epoxide rings is 1. The van der Waals surface area contributed by atoms with Gasteiger partial charge >= 0.3 is 19.8 Å². The van der Waals surface area contributed by atoms with Crippen molar-refractivity contribution < 1.29 is 42.7 Å². The van der Waals surface area contributed by atoms with E-state index >= 15 is 0 Å². The molecule has 1 aliphatic rings. The Morgan fingerprint density at radius 3 is 1.65 bits per heavy atom. The van der Waals surface area contributed by atoms with Crippen LogP contribution in [0.1, 0.15) is 194 Å². The van der Waals surface area contributed by atoms with Crippen LogP contribution in [0.15, 0.2) is 48.6 Å². The largest absolute Gasteiger partial charge is 0.469 e. The summed E-state index contributed by atoms with van der Waals surface area (Å²) in [6.45, 7) is 3.60. The summed E-state index contributed by atoms with van der Waals surface area (Å²) in [4.78, 5) is 43.0. The Balaban J connectivity index is 2.09. The van der Waals surface area contributed by atoms with Crippen molar-refractivity contribution in [1.29, 1.82) is 0 Å². The zero-order valence-electron chi connectivity index (χ0n) is 34.8. The maximum atomic E-state index is 12.5. The van der Waals surface area contributed by atoms with Gasteiger partial charge in [0.15, 0.2) is 6.10 Å². The summed E-state index contributed by atoms with van der Waals surface area (Å²) in [5.41, 5.74) is 0. The lowest BCUT2D eigenvalue weighted by Crippen LogP contribution is -2.29. The van der Waals surface area contributed by atoms with Gasteiger partial charge in [-0.05, 0) is 77.0 Å². The summed E-state index contributed by atoms with van der Waals surface area (Å²) >= 11 is 0. The minimum absolute atomic E-state index is 0.137. The van der Waals surface area contributed by atoms with Crippen molar-refractivity contribution in [1.82, 2.24) is 0 Å². The lowest BCUT2D eigenvalue weighted by molar-refractivity contribution is -0.161. The lowest BCUT2D eigenvalue weighted by atomic mass is 10.1. The van der Waals surface area contributed by atoms with Crippen LogP contribution in [0.3, 0.4) is 0 Å². The van der Waals surface area contributed by atoms with Crippen LogP contribution in [0.2, 0.25) is 0 Å². The molecule has 0 aromatic carbocycles. The molecule has 0 aromatic heterocycles. The third-order valence-corrected chi connectivity index (χ3v) is 10.2. The van der Waals surface area contributed by atoms with Gasteiger partial charge in [0.25, 0.3) is 0 Å². The molecule has 0 radical (unpaired) electrons. The number of esters is 2. The zero-order chi connectivity index (χ0) is 40.1. The van der Waals surface area contributed by atoms with Gasteiger partial charge in [-0.2, -0.15) is 0 Å². The van der Waals surface area contributed by atoms with Crippen LogP contribution in [0.25, 0.3) is 0 Å². The van der Waals surface area contributed by atoms with Gasteiger partial charge in [0.1, 0.15) is 6.61 Å². The molecule has 2 N–H and O–H groups in total. The number of carbonyl (C=O) groups excluding carboxylic acids is 2. The SMILES string of the molecule is CCCCC/C=C\C/C=C\C/C=C\CC1OC1CCCC(=O)OC[C@H](COP(=O)(O)O)OC(=O)CCCCCCCCCCC/C=C\CCCCCCCC. The Bertz CT molecular complexity index is 1100. The first-order chi connectivity index (χ1) is 26.7. The van der Waals surface area contributed by atoms with Crippen LogP contribution in [0.4, 0.5) is 0 Å². The Kier molecular flexibility index (Phi) is 33.7. The molecular weight excluding hydrogens is 715 g/mol. The minimum Gasteiger partial charge on any atom is -0.462 e. The number of carbonyl (C=O) groups is 2. The van der Waals surface area contributed by atoms with Crippen molar-refractivity contribution in [2.45, 2.75) is 212 Å². The van der Waals surface area contributed by atoms with E-state index in [-0.39, 0.29) is 31.7 Å². The van der Waals surface area contributed by atoms with Crippen molar-refractivity contribution in [2.75, 3.05) is 13.2 Å². The molecule has 1 saturated heterocycles. The van der Waals surface area contributed by atoms with E-state index in [0.717, 1.165) is 44.9 Å². The van der Waals surface area contributed by atoms with Gasteiger partial charge in [-0.3, -0.25) is 14.1 Å². The summed E-state index contributed by atoms with van der Waals surface area (Å²) in [6.07, 6.45) is 47.1. The quantitative estimate of drug-likeness (QED) is 0.0205. The smallest absolute Gasteiger partial charge is 0.462 e. The van der Waals surface area contributed by atoms with Gasteiger partial charge in [-0.1, -0.05) is 152 Å². The van der Waals surface area contributed by atoms with Crippen LogP contribution >= 0.6 is 7.82 Å². The van der Waals surface area contributed by atoms with Crippen molar-refractivity contribution in [3.8, 4) is 0 Å². The second kappa shape index (κ2) is 36.3. The molecule has 0 aromatic rings. The summed E-state index contributed by atoms with van der Waals surface area (Å²) in [6, 6.07) is 0. The van der Waals surface area contributed by atoms with Gasteiger partial charge in [0.2, 0.25) is 0 Å². The molecule has 1 fully saturated rings. The van der Waals surface area contributed by atoms with E-state index in [0.29, 0.717) is 12.8 Å². The number of hydrogen-bond donors (Lipinski definition) is 2. The molecule has 1 aliphatic heterocycles. The van der Waals surface area contributed by atoms with Gasteiger partial charge in [0.05, 0.1) is 18.8 Å². The van der Waals surface area contributed by atoms with Crippen LogP contribution in [0, 0.1) is 0 Å². The highest BCUT2D eigenvalue weighted by Crippen LogP contribution is 2.36. The molecule has 0 amide bonds. The van der Waals surface area contributed by atoms with E-state index in [1.165, 1.54) is 109 Å². The zero-order valence-corrected chi connectivity index (χ0v) is 35.7. The molecular formula is C45H79O9P. The van der Waals surface area contributed by atoms with E-state index < -0.39 is 32.5 Å². The number of ether oxygens (including phenoxy) is 3. The van der Waals surface area contributed by atoms with Gasteiger partial charge < -0.3 is 24.0 Å². The Hall–Kier alpha value is -2.03. The lowest BCUT2D eigenvalue weighted by Gasteiger charge is -2.18. The molecule has 10 heteroatoms. The topological polar surface area (TPSA) is 132 Å². The second-order valence-corrected chi connectivity index (χ2v) is 16.3. The molecule has 0 bridgehead atoms. The van der Waals surface area contributed by atoms with Crippen molar-refractivity contribution in [2.24, 2.45) is 0 Å². The average molecular weight is 795 g/mol. The Morgan fingerprint density at radius 2 is 1.05 bits per heavy atom. The summed E-state index contributed by atoms with van der Waals surface area (Å²) in [5.74, 6) is -0.962. The fourth-order valence-corrected chi connectivity index (χ4v) is 6.70. The predicted octanol–water partition coefficient (Wildman–Crippen LogP) is 12.5. The highest BCUT2D eigenvalue weighted by molar-refractivity contribution is 7.46. The molecule has 0 saturated carbocycles. The first kappa shape index (κ1) is 51.0. The van der Waals surface area contributed by atoms with E-state index in [2.05, 4.69) is 67.0 Å². The van der Waals surface area contributed by atoms with E-state index in [9.17, 15) is 14.2 Å². The maximum Gasteiger partial charge on any atom is 0.469 e. The number of hydrogen-bond acceptors (Lipinski definition) is 7. The highest BCUT2D eigenvalue weighted by Gasteiger charge is 2.36. The van der Waals surface area contributed by atoms with Crippen LogP contribution in [-0.4, -0.2) is 53.3 Å². The molecule has 318 valence electrons. The van der Waals surface area contributed by atoms with Crippen LogP contribution in [0.5, 0.6) is 0 Å². The fraction of sp³-hybridized carbons (Fsp3) is 0.778. The van der Waals surface area contributed by atoms with Gasteiger partial charge in [-0.15, -0.1) is 0 Å². The molecule has 1 heterocycles. The van der Waals surface area contributed by atoms with Crippen molar-refractivity contribution in [3.63, 3.8) is 0 Å². The number of unbranched alkanes of at least 4 members (excludes halogenated alkanes) is 18.